The highest BCUT2D eigenvalue weighted by Crippen LogP contribution is 2.22. The molecule has 0 saturated carbocycles. The third kappa shape index (κ3) is 3.20. The number of aryl methyl sites for hydroxylation is 1. The number of halogens is 2. The summed E-state index contributed by atoms with van der Waals surface area (Å²) in [5.41, 5.74) is 0.809. The maximum atomic E-state index is 12.3. The third-order valence-electron chi connectivity index (χ3n) is 2.69. The average molecular weight is 380 g/mol. The second kappa shape index (κ2) is 5.80. The van der Waals surface area contributed by atoms with Gasteiger partial charge in [0.25, 0.3) is 10.0 Å². The number of nitrogens with zero attached hydrogens (tertiary/aromatic N) is 3. The van der Waals surface area contributed by atoms with Gasteiger partial charge < -0.3 is 0 Å². The van der Waals surface area contributed by atoms with E-state index >= 15 is 0 Å². The molecule has 0 spiro atoms. The molecule has 0 saturated heterocycles. The highest BCUT2D eigenvalue weighted by atomic mass is 79.9. The lowest BCUT2D eigenvalue weighted by atomic mass is 10.1. The molecule has 2 aromatic rings. The lowest BCUT2D eigenvalue weighted by Crippen LogP contribution is -2.28. The smallest absolute Gasteiger partial charge is 0.235 e. The van der Waals surface area contributed by atoms with Crippen LogP contribution in [0.15, 0.2) is 33.9 Å². The maximum Gasteiger partial charge on any atom is 0.261 e. The molecule has 20 heavy (non-hydrogen) atoms. The molecule has 2 rings (SSSR count). The van der Waals surface area contributed by atoms with Crippen molar-refractivity contribution >= 4 is 37.6 Å². The van der Waals surface area contributed by atoms with Crippen molar-refractivity contribution in [3.05, 3.63) is 39.5 Å². The quantitative estimate of drug-likeness (QED) is 0.884. The second-order valence-electron chi connectivity index (χ2n) is 4.20. The van der Waals surface area contributed by atoms with Gasteiger partial charge in [-0.2, -0.15) is 0 Å². The Morgan fingerprint density at radius 3 is 2.45 bits per heavy atom. The molecule has 0 aliphatic heterocycles. The number of rotatable bonds is 4. The van der Waals surface area contributed by atoms with E-state index in [2.05, 4.69) is 31.0 Å². The van der Waals surface area contributed by atoms with Gasteiger partial charge in [0.1, 0.15) is 0 Å². The number of hydrogen-bond donors (Lipinski definition) is 1. The van der Waals surface area contributed by atoms with Gasteiger partial charge in [-0.1, -0.05) is 28.9 Å². The first kappa shape index (κ1) is 15.4. The molecular weight excluding hydrogens is 368 g/mol. The van der Waals surface area contributed by atoms with Crippen LogP contribution in [0.2, 0.25) is 5.02 Å². The van der Waals surface area contributed by atoms with Crippen molar-refractivity contribution in [1.29, 1.82) is 0 Å². The van der Waals surface area contributed by atoms with Gasteiger partial charge >= 0.3 is 0 Å². The van der Waals surface area contributed by atoms with Gasteiger partial charge in [-0.15, -0.1) is 5.10 Å². The normalized spacial score (nSPS) is 13.4. The molecule has 1 aromatic heterocycles. The van der Waals surface area contributed by atoms with Crippen molar-refractivity contribution in [1.82, 2.24) is 19.7 Å². The Labute approximate surface area is 130 Å². The molecule has 1 atom stereocenters. The van der Waals surface area contributed by atoms with Crippen LogP contribution >= 0.6 is 27.5 Å². The third-order valence-corrected chi connectivity index (χ3v) is 5.37. The molecular formula is C11H12BrClN4O2S. The van der Waals surface area contributed by atoms with E-state index in [1.54, 1.807) is 31.2 Å². The molecule has 1 N–H and O–H groups in total. The van der Waals surface area contributed by atoms with Crippen molar-refractivity contribution in [3.8, 4) is 0 Å². The summed E-state index contributed by atoms with van der Waals surface area (Å²) in [6, 6.07) is 6.56. The Bertz CT molecular complexity index is 695. The van der Waals surface area contributed by atoms with E-state index in [0.29, 0.717) is 5.02 Å². The number of benzene rings is 1. The minimum Gasteiger partial charge on any atom is -0.235 e. The summed E-state index contributed by atoms with van der Waals surface area (Å²) in [4.78, 5) is 0. The predicted octanol–water partition coefficient (Wildman–Crippen LogP) is 2.27. The molecule has 0 fully saturated rings. The second-order valence-corrected chi connectivity index (χ2v) is 7.02. The van der Waals surface area contributed by atoms with Crippen LogP contribution in [0, 0.1) is 0 Å². The van der Waals surface area contributed by atoms with Crippen molar-refractivity contribution in [3.63, 3.8) is 0 Å². The van der Waals surface area contributed by atoms with Crippen LogP contribution < -0.4 is 4.72 Å². The van der Waals surface area contributed by atoms with E-state index in [1.165, 1.54) is 11.7 Å². The summed E-state index contributed by atoms with van der Waals surface area (Å²) >= 11 is 8.89. The first-order valence-corrected chi connectivity index (χ1v) is 8.29. The Hall–Kier alpha value is -0.960. The zero-order valence-corrected chi connectivity index (χ0v) is 13.9. The van der Waals surface area contributed by atoms with E-state index in [9.17, 15) is 8.42 Å². The highest BCUT2D eigenvalue weighted by molar-refractivity contribution is 9.10. The highest BCUT2D eigenvalue weighted by Gasteiger charge is 2.25. The summed E-state index contributed by atoms with van der Waals surface area (Å²) in [5.74, 6) is 0. The number of sulfonamides is 1. The fourth-order valence-electron chi connectivity index (χ4n) is 1.72. The van der Waals surface area contributed by atoms with Gasteiger partial charge in [-0.25, -0.2) is 17.8 Å². The van der Waals surface area contributed by atoms with Crippen LogP contribution in [0.1, 0.15) is 18.5 Å². The maximum absolute atomic E-state index is 12.3. The van der Waals surface area contributed by atoms with Gasteiger partial charge in [-0.3, -0.25) is 0 Å². The first-order valence-electron chi connectivity index (χ1n) is 5.64. The number of hydrogen-bond acceptors (Lipinski definition) is 4. The fraction of sp³-hybridized carbons (Fsp3) is 0.273. The molecule has 6 nitrogen and oxygen atoms in total. The van der Waals surface area contributed by atoms with Crippen molar-refractivity contribution in [2.24, 2.45) is 7.05 Å². The van der Waals surface area contributed by atoms with Crippen LogP contribution in [0.25, 0.3) is 0 Å². The van der Waals surface area contributed by atoms with E-state index < -0.39 is 16.1 Å². The van der Waals surface area contributed by atoms with Crippen LogP contribution in [-0.2, 0) is 17.1 Å². The Morgan fingerprint density at radius 2 is 1.95 bits per heavy atom. The average Bonchev–Trinajstić information content (AvgIpc) is 2.69. The molecule has 9 heteroatoms. The first-order chi connectivity index (χ1) is 9.31. The monoisotopic (exact) mass is 378 g/mol. The van der Waals surface area contributed by atoms with Crippen LogP contribution in [-0.4, -0.2) is 23.4 Å². The Balaban J connectivity index is 2.27. The zero-order valence-electron chi connectivity index (χ0n) is 10.7. The zero-order chi connectivity index (χ0) is 14.9. The predicted molar refractivity (Wildman–Crippen MR) is 78.9 cm³/mol. The summed E-state index contributed by atoms with van der Waals surface area (Å²) in [6.07, 6.45) is 0. The van der Waals surface area contributed by atoms with E-state index in [1.807, 2.05) is 0 Å². The van der Waals surface area contributed by atoms with Crippen LogP contribution in [0.3, 0.4) is 0 Å². The minimum atomic E-state index is -3.73. The Kier molecular flexibility index (Phi) is 4.48. The van der Waals surface area contributed by atoms with Gasteiger partial charge in [0.2, 0.25) is 5.03 Å². The van der Waals surface area contributed by atoms with Gasteiger partial charge in [0.05, 0.1) is 0 Å². The molecule has 0 aliphatic carbocycles. The van der Waals surface area contributed by atoms with Crippen LogP contribution in [0.5, 0.6) is 0 Å². The Morgan fingerprint density at radius 1 is 1.35 bits per heavy atom. The van der Waals surface area contributed by atoms with E-state index in [0.717, 1.165) is 5.56 Å². The molecule has 0 amide bonds. The minimum absolute atomic E-state index is 0.0155. The summed E-state index contributed by atoms with van der Waals surface area (Å²) < 4.78 is 28.6. The fourth-order valence-corrected chi connectivity index (χ4v) is 4.17. The molecule has 1 unspecified atom stereocenters. The topological polar surface area (TPSA) is 76.9 Å². The van der Waals surface area contributed by atoms with Crippen molar-refractivity contribution in [2.75, 3.05) is 0 Å². The SMILES string of the molecule is CC(NS(=O)(=O)c1c(Br)nnn1C)c1ccc(Cl)cc1. The lowest BCUT2D eigenvalue weighted by molar-refractivity contribution is 0.548. The van der Waals surface area contributed by atoms with Gasteiger partial charge in [0.15, 0.2) is 4.60 Å². The van der Waals surface area contributed by atoms with E-state index in [-0.39, 0.29) is 9.63 Å². The molecule has 108 valence electrons. The molecule has 0 radical (unpaired) electrons. The van der Waals surface area contributed by atoms with Gasteiger partial charge in [0, 0.05) is 18.1 Å². The summed E-state index contributed by atoms with van der Waals surface area (Å²) in [7, 11) is -2.21. The standard InChI is InChI=1S/C11H12BrClN4O2S/c1-7(8-3-5-9(13)6-4-8)15-20(18,19)11-10(12)14-16-17(11)2/h3-7,15H,1-2H3. The molecule has 0 bridgehead atoms. The molecule has 0 aliphatic rings. The summed E-state index contributed by atoms with van der Waals surface area (Å²) in [5, 5.41) is 7.91. The van der Waals surface area contributed by atoms with Gasteiger partial charge in [-0.05, 0) is 40.5 Å². The van der Waals surface area contributed by atoms with E-state index in [4.69, 9.17) is 11.6 Å². The van der Waals surface area contributed by atoms with Crippen molar-refractivity contribution in [2.45, 2.75) is 18.0 Å². The molecule has 1 heterocycles. The lowest BCUT2D eigenvalue weighted by Gasteiger charge is -2.14. The van der Waals surface area contributed by atoms with Crippen molar-refractivity contribution < 1.29 is 8.42 Å². The summed E-state index contributed by atoms with van der Waals surface area (Å²) in [6.45, 7) is 1.75. The largest absolute Gasteiger partial charge is 0.261 e. The molecule has 1 aromatic carbocycles. The number of aromatic nitrogens is 3. The van der Waals surface area contributed by atoms with Crippen LogP contribution in [0.4, 0.5) is 0 Å². The number of nitrogens with one attached hydrogen (secondary N) is 1.